The molecule has 2 heterocycles. The summed E-state index contributed by atoms with van der Waals surface area (Å²) in [6.07, 6.45) is 1.64. The topological polar surface area (TPSA) is 97.1 Å². The molecule has 0 spiro atoms. The number of hydrogen-bond donors (Lipinski definition) is 1. The summed E-state index contributed by atoms with van der Waals surface area (Å²) in [4.78, 5) is 27.3. The molecule has 3 rings (SSSR count). The van der Waals surface area contributed by atoms with E-state index in [2.05, 4.69) is 6.07 Å². The summed E-state index contributed by atoms with van der Waals surface area (Å²) in [6.45, 7) is -1.87. The van der Waals surface area contributed by atoms with E-state index in [9.17, 15) is 14.9 Å². The van der Waals surface area contributed by atoms with Gasteiger partial charge in [0.05, 0.1) is 18.2 Å². The van der Waals surface area contributed by atoms with Crippen LogP contribution in [0.3, 0.4) is 0 Å². The molecular formula is C18H21N5O2. The van der Waals surface area contributed by atoms with Crippen molar-refractivity contribution in [2.45, 2.75) is 25.4 Å². The number of piperidine rings is 1. The van der Waals surface area contributed by atoms with Crippen LogP contribution in [0.15, 0.2) is 39.9 Å². The van der Waals surface area contributed by atoms with Crippen LogP contribution in [-0.2, 0) is 13.5 Å². The van der Waals surface area contributed by atoms with Crippen molar-refractivity contribution in [3.63, 3.8) is 0 Å². The van der Waals surface area contributed by atoms with Gasteiger partial charge in [-0.1, -0.05) is 18.2 Å². The molecule has 1 aromatic carbocycles. The maximum atomic E-state index is 13.0. The molecule has 0 saturated carbocycles. The van der Waals surface area contributed by atoms with Crippen LogP contribution in [0.5, 0.6) is 0 Å². The zero-order valence-corrected chi connectivity index (χ0v) is 13.7. The van der Waals surface area contributed by atoms with Gasteiger partial charge in [-0.05, 0) is 24.5 Å². The van der Waals surface area contributed by atoms with Gasteiger partial charge < -0.3 is 10.6 Å². The molecule has 0 radical (unpaired) electrons. The molecule has 1 aliphatic heterocycles. The minimum Gasteiger partial charge on any atom is -0.356 e. The maximum absolute atomic E-state index is 13.0. The number of rotatable bonds is 3. The second kappa shape index (κ2) is 6.95. The van der Waals surface area contributed by atoms with Crippen molar-refractivity contribution in [3.8, 4) is 6.07 Å². The zero-order chi connectivity index (χ0) is 20.5. The van der Waals surface area contributed by atoms with Crippen LogP contribution in [0.4, 0.5) is 5.82 Å². The maximum Gasteiger partial charge on any atom is 0.332 e. The Morgan fingerprint density at radius 2 is 2.20 bits per heavy atom. The molecule has 130 valence electrons. The third-order valence-electron chi connectivity index (χ3n) is 4.42. The van der Waals surface area contributed by atoms with Crippen molar-refractivity contribution in [1.29, 1.82) is 5.26 Å². The number of benzene rings is 1. The molecule has 7 nitrogen and oxygen atoms in total. The van der Waals surface area contributed by atoms with Crippen LogP contribution < -0.4 is 21.9 Å². The van der Waals surface area contributed by atoms with Gasteiger partial charge >= 0.3 is 5.69 Å². The fourth-order valence-corrected chi connectivity index (χ4v) is 3.13. The van der Waals surface area contributed by atoms with Gasteiger partial charge in [0.1, 0.15) is 5.82 Å². The van der Waals surface area contributed by atoms with Crippen LogP contribution in [0.25, 0.3) is 0 Å². The largest absolute Gasteiger partial charge is 0.356 e. The Balaban J connectivity index is 2.21. The molecular weight excluding hydrogens is 318 g/mol. The Morgan fingerprint density at radius 3 is 2.92 bits per heavy atom. The van der Waals surface area contributed by atoms with Crippen LogP contribution in [0, 0.1) is 11.3 Å². The normalized spacial score (nSPS) is 19.6. The standard InChI is InChI=1S/C18H21N5O2/c1-21-17(24)9-16(22-8-4-7-15(20)12-22)23(18(21)25)11-14-6-3-2-5-13(14)10-19/h2-3,5-6,9,15H,4,7-8,11-12,20H2,1H3/t15-/m1/s1/i1D3. The van der Waals surface area contributed by atoms with Gasteiger partial charge in [0.15, 0.2) is 0 Å². The second-order valence-corrected chi connectivity index (χ2v) is 6.16. The average Bonchev–Trinajstić information content (AvgIpc) is 2.63. The number of nitrogens with zero attached hydrogens (tertiary/aromatic N) is 4. The predicted molar refractivity (Wildman–Crippen MR) is 95.6 cm³/mol. The highest BCUT2D eigenvalue weighted by Crippen LogP contribution is 2.19. The zero-order valence-electron chi connectivity index (χ0n) is 16.7. The summed E-state index contributed by atoms with van der Waals surface area (Å²) in [5.41, 5.74) is 5.16. The SMILES string of the molecule is [2H]C([2H])([2H])n1c(=O)cc(N2CCC[C@@H](N)C2)n(Cc2ccccc2C#N)c1=O. The number of anilines is 1. The van der Waals surface area contributed by atoms with Crippen molar-refractivity contribution in [2.75, 3.05) is 18.0 Å². The van der Waals surface area contributed by atoms with E-state index in [1.165, 1.54) is 10.6 Å². The molecule has 1 aliphatic rings. The highest BCUT2D eigenvalue weighted by molar-refractivity contribution is 5.42. The van der Waals surface area contributed by atoms with Gasteiger partial charge in [-0.15, -0.1) is 0 Å². The lowest BCUT2D eigenvalue weighted by atomic mass is 10.1. The van der Waals surface area contributed by atoms with Crippen molar-refractivity contribution in [2.24, 2.45) is 12.7 Å². The first-order valence-corrected chi connectivity index (χ1v) is 8.08. The Morgan fingerprint density at radius 1 is 1.40 bits per heavy atom. The number of nitrogens with two attached hydrogens (primary N) is 1. The molecule has 2 N–H and O–H groups in total. The summed E-state index contributed by atoms with van der Waals surface area (Å²) >= 11 is 0. The molecule has 0 bridgehead atoms. The van der Waals surface area contributed by atoms with Crippen LogP contribution in [0.1, 0.15) is 28.1 Å². The molecule has 0 unspecified atom stereocenters. The van der Waals surface area contributed by atoms with Gasteiger partial charge in [-0.3, -0.25) is 13.9 Å². The summed E-state index contributed by atoms with van der Waals surface area (Å²) in [5.74, 6) is 0.318. The molecule has 1 aromatic heterocycles. The lowest BCUT2D eigenvalue weighted by Gasteiger charge is -2.34. The summed E-state index contributed by atoms with van der Waals surface area (Å²) in [7, 11) is 0. The first kappa shape index (κ1) is 13.4. The monoisotopic (exact) mass is 342 g/mol. The van der Waals surface area contributed by atoms with Crippen LogP contribution >= 0.6 is 0 Å². The fourth-order valence-electron chi connectivity index (χ4n) is 3.13. The van der Waals surface area contributed by atoms with E-state index in [1.54, 1.807) is 24.3 Å². The smallest absolute Gasteiger partial charge is 0.332 e. The molecule has 1 fully saturated rings. The average molecular weight is 342 g/mol. The molecule has 0 amide bonds. The molecule has 2 aromatic rings. The number of aromatic nitrogens is 2. The molecule has 0 aliphatic carbocycles. The Labute approximate surface area is 149 Å². The van der Waals surface area contributed by atoms with Gasteiger partial charge in [-0.25, -0.2) is 4.79 Å². The molecule has 25 heavy (non-hydrogen) atoms. The lowest BCUT2D eigenvalue weighted by Crippen LogP contribution is -2.47. The highest BCUT2D eigenvalue weighted by Gasteiger charge is 2.22. The lowest BCUT2D eigenvalue weighted by molar-refractivity contribution is 0.491. The molecule has 1 atom stereocenters. The van der Waals surface area contributed by atoms with E-state index >= 15 is 0 Å². The minimum absolute atomic E-state index is 0.0278. The fraction of sp³-hybridized carbons (Fsp3) is 0.389. The predicted octanol–water partition coefficient (Wildman–Crippen LogP) is 0.394. The first-order valence-electron chi connectivity index (χ1n) is 9.58. The third kappa shape index (κ3) is 3.35. The molecule has 7 heteroatoms. The van der Waals surface area contributed by atoms with Crippen molar-refractivity contribution < 1.29 is 4.11 Å². The van der Waals surface area contributed by atoms with Gasteiger partial charge in [-0.2, -0.15) is 5.26 Å². The number of nitriles is 1. The van der Waals surface area contributed by atoms with Crippen molar-refractivity contribution >= 4 is 5.82 Å². The Bertz CT molecular complexity index is 1040. The van der Waals surface area contributed by atoms with Crippen LogP contribution in [0.2, 0.25) is 0 Å². The van der Waals surface area contributed by atoms with E-state index in [-0.39, 0.29) is 17.2 Å². The van der Waals surface area contributed by atoms with E-state index in [0.29, 0.717) is 30.0 Å². The van der Waals surface area contributed by atoms with Crippen LogP contribution in [-0.4, -0.2) is 28.3 Å². The Kier molecular flexibility index (Phi) is 3.74. The summed E-state index contributed by atoms with van der Waals surface area (Å²) in [6, 6.07) is 9.89. The Hall–Kier alpha value is -2.85. The summed E-state index contributed by atoms with van der Waals surface area (Å²) < 4.78 is 24.2. The second-order valence-electron chi connectivity index (χ2n) is 6.16. The summed E-state index contributed by atoms with van der Waals surface area (Å²) in [5, 5.41) is 9.34. The third-order valence-corrected chi connectivity index (χ3v) is 4.42. The van der Waals surface area contributed by atoms with Gasteiger partial charge in [0.2, 0.25) is 0 Å². The van der Waals surface area contributed by atoms with E-state index in [1.807, 2.05) is 4.90 Å². The highest BCUT2D eigenvalue weighted by atomic mass is 16.2. The minimum atomic E-state index is -2.90. The van der Waals surface area contributed by atoms with Gasteiger partial charge in [0, 0.05) is 36.3 Å². The van der Waals surface area contributed by atoms with E-state index in [0.717, 1.165) is 12.8 Å². The first-order chi connectivity index (χ1) is 13.2. The molecule has 1 saturated heterocycles. The van der Waals surface area contributed by atoms with E-state index in [4.69, 9.17) is 9.85 Å². The van der Waals surface area contributed by atoms with Crippen molar-refractivity contribution in [3.05, 3.63) is 62.3 Å². The quantitative estimate of drug-likeness (QED) is 0.870. The van der Waals surface area contributed by atoms with Gasteiger partial charge in [0.25, 0.3) is 5.56 Å². The van der Waals surface area contributed by atoms with Crippen molar-refractivity contribution in [1.82, 2.24) is 9.13 Å². The van der Waals surface area contributed by atoms with E-state index < -0.39 is 18.2 Å². The number of hydrogen-bond acceptors (Lipinski definition) is 5.